The van der Waals surface area contributed by atoms with Crippen LogP contribution in [0.25, 0.3) is 11.0 Å². The van der Waals surface area contributed by atoms with Gasteiger partial charge >= 0.3 is 17.8 Å². The molecule has 0 radical (unpaired) electrons. The van der Waals surface area contributed by atoms with Crippen LogP contribution >= 0.6 is 15.9 Å². The smallest absolute Gasteiger partial charge is 0.308 e. The van der Waals surface area contributed by atoms with Gasteiger partial charge in [-0.2, -0.15) is 22.0 Å². The van der Waals surface area contributed by atoms with Crippen molar-refractivity contribution in [3.8, 4) is 0 Å². The molecule has 0 bridgehead atoms. The highest BCUT2D eigenvalue weighted by atomic mass is 79.9. The van der Waals surface area contributed by atoms with Gasteiger partial charge in [0.1, 0.15) is 6.04 Å². The van der Waals surface area contributed by atoms with Crippen molar-refractivity contribution in [3.05, 3.63) is 32.7 Å². The first kappa shape index (κ1) is 16.0. The van der Waals surface area contributed by atoms with Crippen molar-refractivity contribution in [2.45, 2.75) is 18.1 Å². The van der Waals surface area contributed by atoms with Crippen molar-refractivity contribution >= 4 is 27.0 Å². The van der Waals surface area contributed by atoms with E-state index in [1.165, 1.54) is 6.07 Å². The van der Waals surface area contributed by atoms with Crippen molar-refractivity contribution in [1.29, 1.82) is 0 Å². The third kappa shape index (κ3) is 2.69. The minimum absolute atomic E-state index is 0.0218. The van der Waals surface area contributed by atoms with Crippen LogP contribution in [-0.2, 0) is 0 Å². The van der Waals surface area contributed by atoms with E-state index in [4.69, 9.17) is 0 Å². The van der Waals surface area contributed by atoms with Gasteiger partial charge in [0.05, 0.1) is 11.0 Å². The standard InChI is InChI=1S/C11H9BrF5N3O/c1-18-8(10(13,14)11(15,16)17)4-2-6-7(3-5(4)12)20-9(21)19-6/h2-3,8,18H,1H3,(H2,19,20,21). The van der Waals surface area contributed by atoms with E-state index >= 15 is 0 Å². The lowest BCUT2D eigenvalue weighted by atomic mass is 9.99. The summed E-state index contributed by atoms with van der Waals surface area (Å²) in [4.78, 5) is 15.8. The minimum atomic E-state index is -5.71. The van der Waals surface area contributed by atoms with E-state index in [9.17, 15) is 26.7 Å². The van der Waals surface area contributed by atoms with E-state index in [2.05, 4.69) is 25.9 Å². The molecule has 0 fully saturated rings. The van der Waals surface area contributed by atoms with Gasteiger partial charge in [-0.05, 0) is 24.7 Å². The first-order chi connectivity index (χ1) is 9.57. The minimum Gasteiger partial charge on any atom is -0.308 e. The van der Waals surface area contributed by atoms with E-state index in [-0.39, 0.29) is 15.6 Å². The fourth-order valence-electron chi connectivity index (χ4n) is 1.99. The van der Waals surface area contributed by atoms with Crippen LogP contribution in [-0.4, -0.2) is 29.1 Å². The second kappa shape index (κ2) is 5.09. The summed E-state index contributed by atoms with van der Waals surface area (Å²) < 4.78 is 64.8. The highest BCUT2D eigenvalue weighted by Crippen LogP contribution is 2.46. The van der Waals surface area contributed by atoms with Crippen LogP contribution in [0.4, 0.5) is 22.0 Å². The quantitative estimate of drug-likeness (QED) is 0.724. The average molecular weight is 374 g/mol. The van der Waals surface area contributed by atoms with Crippen molar-refractivity contribution in [2.24, 2.45) is 0 Å². The largest absolute Gasteiger partial charge is 0.455 e. The van der Waals surface area contributed by atoms with E-state index in [0.29, 0.717) is 5.52 Å². The number of hydrogen-bond acceptors (Lipinski definition) is 2. The van der Waals surface area contributed by atoms with E-state index in [1.54, 1.807) is 0 Å². The molecule has 2 aromatic rings. The fourth-order valence-corrected chi connectivity index (χ4v) is 2.56. The molecule has 1 atom stereocenters. The maximum absolute atomic E-state index is 13.6. The lowest BCUT2D eigenvalue weighted by Gasteiger charge is -2.29. The zero-order valence-electron chi connectivity index (χ0n) is 10.4. The topological polar surface area (TPSA) is 60.7 Å². The van der Waals surface area contributed by atoms with Gasteiger partial charge < -0.3 is 15.3 Å². The summed E-state index contributed by atoms with van der Waals surface area (Å²) >= 11 is 2.95. The fraction of sp³-hybridized carbons (Fsp3) is 0.364. The van der Waals surface area contributed by atoms with Gasteiger partial charge in [-0.1, -0.05) is 15.9 Å². The van der Waals surface area contributed by atoms with Crippen LogP contribution in [0.1, 0.15) is 11.6 Å². The maximum atomic E-state index is 13.6. The third-order valence-electron chi connectivity index (χ3n) is 2.97. The number of aromatic amines is 2. The SMILES string of the molecule is CNC(c1cc2[nH]c(=O)[nH]c2cc1Br)C(F)(F)C(F)(F)F. The van der Waals surface area contributed by atoms with Gasteiger partial charge in [0.25, 0.3) is 0 Å². The highest BCUT2D eigenvalue weighted by Gasteiger charge is 2.62. The van der Waals surface area contributed by atoms with Crippen LogP contribution in [0.5, 0.6) is 0 Å². The summed E-state index contributed by atoms with van der Waals surface area (Å²) in [6.07, 6.45) is -5.71. The lowest BCUT2D eigenvalue weighted by Crippen LogP contribution is -2.47. The number of alkyl halides is 5. The van der Waals surface area contributed by atoms with Gasteiger partial charge in [-0.15, -0.1) is 0 Å². The zero-order valence-corrected chi connectivity index (χ0v) is 12.0. The van der Waals surface area contributed by atoms with Gasteiger partial charge in [0.2, 0.25) is 0 Å². The first-order valence-electron chi connectivity index (χ1n) is 5.61. The third-order valence-corrected chi connectivity index (χ3v) is 3.66. The van der Waals surface area contributed by atoms with Gasteiger partial charge in [-0.25, -0.2) is 4.79 Å². The molecule has 0 aliphatic heterocycles. The number of imidazole rings is 1. The second-order valence-electron chi connectivity index (χ2n) is 4.34. The molecule has 21 heavy (non-hydrogen) atoms. The Kier molecular flexibility index (Phi) is 3.87. The zero-order chi connectivity index (χ0) is 16.0. The predicted octanol–water partition coefficient (Wildman–Crippen LogP) is 3.08. The van der Waals surface area contributed by atoms with Crippen molar-refractivity contribution in [2.75, 3.05) is 7.05 Å². The highest BCUT2D eigenvalue weighted by molar-refractivity contribution is 9.10. The molecular formula is C11H9BrF5N3O. The summed E-state index contributed by atoms with van der Waals surface area (Å²) in [5.74, 6) is -4.98. The summed E-state index contributed by atoms with van der Waals surface area (Å²) in [7, 11) is 1.00. The Morgan fingerprint density at radius 1 is 1.14 bits per heavy atom. The summed E-state index contributed by atoms with van der Waals surface area (Å²) in [5, 5.41) is 1.98. The van der Waals surface area contributed by atoms with Crippen LogP contribution < -0.4 is 11.0 Å². The Labute approximate surface area is 122 Å². The summed E-state index contributed by atoms with van der Waals surface area (Å²) in [6, 6.07) is 0.0343. The number of benzene rings is 1. The van der Waals surface area contributed by atoms with Crippen LogP contribution in [0.2, 0.25) is 0 Å². The van der Waals surface area contributed by atoms with Crippen molar-refractivity contribution in [1.82, 2.24) is 15.3 Å². The molecule has 0 aliphatic rings. The molecule has 2 rings (SSSR count). The molecule has 0 aliphatic carbocycles. The van der Waals surface area contributed by atoms with E-state index in [0.717, 1.165) is 13.1 Å². The van der Waals surface area contributed by atoms with Crippen LogP contribution in [0.3, 0.4) is 0 Å². The number of fused-ring (bicyclic) bond motifs is 1. The van der Waals surface area contributed by atoms with Gasteiger partial charge in [0.15, 0.2) is 0 Å². The molecule has 10 heteroatoms. The molecule has 116 valence electrons. The Hall–Kier alpha value is -1.42. The molecular weight excluding hydrogens is 365 g/mol. The van der Waals surface area contributed by atoms with Crippen molar-refractivity contribution in [3.63, 3.8) is 0 Å². The van der Waals surface area contributed by atoms with E-state index in [1.807, 2.05) is 5.32 Å². The molecule has 0 saturated carbocycles. The lowest BCUT2D eigenvalue weighted by molar-refractivity contribution is -0.294. The molecule has 1 aromatic carbocycles. The Balaban J connectivity index is 2.62. The number of halogens is 6. The summed E-state index contributed by atoms with van der Waals surface area (Å²) in [5.41, 5.74) is -0.475. The van der Waals surface area contributed by atoms with Crippen molar-refractivity contribution < 1.29 is 22.0 Å². The first-order valence-corrected chi connectivity index (χ1v) is 6.40. The Morgan fingerprint density at radius 2 is 1.67 bits per heavy atom. The average Bonchev–Trinajstić information content (AvgIpc) is 2.67. The number of aromatic nitrogens is 2. The molecule has 1 aromatic heterocycles. The molecule has 1 unspecified atom stereocenters. The molecule has 1 heterocycles. The van der Waals surface area contributed by atoms with Gasteiger partial charge in [0, 0.05) is 4.47 Å². The molecule has 0 spiro atoms. The Morgan fingerprint density at radius 3 is 2.14 bits per heavy atom. The normalized spacial score (nSPS) is 14.6. The van der Waals surface area contributed by atoms with Gasteiger partial charge in [-0.3, -0.25) is 0 Å². The monoisotopic (exact) mass is 373 g/mol. The molecule has 3 N–H and O–H groups in total. The Bertz CT molecular complexity index is 721. The molecule has 4 nitrogen and oxygen atoms in total. The van der Waals surface area contributed by atoms with Crippen LogP contribution in [0.15, 0.2) is 21.4 Å². The van der Waals surface area contributed by atoms with Crippen LogP contribution in [0, 0.1) is 0 Å². The predicted molar refractivity (Wildman–Crippen MR) is 69.4 cm³/mol. The maximum Gasteiger partial charge on any atom is 0.455 e. The summed E-state index contributed by atoms with van der Waals surface area (Å²) in [6.45, 7) is 0. The number of hydrogen-bond donors (Lipinski definition) is 3. The number of H-pyrrole nitrogens is 2. The number of nitrogens with one attached hydrogen (secondary N) is 3. The molecule has 0 saturated heterocycles. The second-order valence-corrected chi connectivity index (χ2v) is 5.20. The van der Waals surface area contributed by atoms with E-state index < -0.39 is 23.8 Å². The number of rotatable bonds is 3. The molecule has 0 amide bonds.